The van der Waals surface area contributed by atoms with Crippen molar-refractivity contribution in [2.75, 3.05) is 13.2 Å². The smallest absolute Gasteiger partial charge is 0.333 e. The first-order chi connectivity index (χ1) is 10.7. The molecule has 6 heteroatoms. The molecule has 2 atom stereocenters. The second kappa shape index (κ2) is 5.31. The Bertz CT molecular complexity index is 535. The minimum Gasteiger partial charge on any atom is -0.462 e. The average molecular weight is 324 g/mol. The van der Waals surface area contributed by atoms with Gasteiger partial charge in [0, 0.05) is 12.0 Å². The Kier molecular flexibility index (Phi) is 3.80. The first kappa shape index (κ1) is 16.5. The molecule has 4 aliphatic carbocycles. The molecule has 4 bridgehead atoms. The van der Waals surface area contributed by atoms with Crippen LogP contribution in [-0.2, 0) is 19.1 Å². The van der Waals surface area contributed by atoms with E-state index < -0.39 is 28.6 Å². The first-order valence-corrected chi connectivity index (χ1v) is 8.10. The van der Waals surface area contributed by atoms with E-state index in [1.807, 2.05) is 0 Å². The third kappa shape index (κ3) is 3.02. The summed E-state index contributed by atoms with van der Waals surface area (Å²) in [5.41, 5.74) is -2.43. The summed E-state index contributed by atoms with van der Waals surface area (Å²) in [5.74, 6) is -0.751. The highest BCUT2D eigenvalue weighted by molar-refractivity contribution is 5.86. The third-order valence-corrected chi connectivity index (χ3v) is 5.34. The molecule has 0 radical (unpaired) electrons. The Balaban J connectivity index is 1.59. The second-order valence-corrected chi connectivity index (χ2v) is 7.79. The summed E-state index contributed by atoms with van der Waals surface area (Å²) in [4.78, 5) is 23.8. The summed E-state index contributed by atoms with van der Waals surface area (Å²) in [6.07, 6.45) is 3.01. The molecular formula is C17H24O6. The highest BCUT2D eigenvalue weighted by Crippen LogP contribution is 2.63. The number of hydrogen-bond donors (Lipinski definition) is 2. The van der Waals surface area contributed by atoms with Crippen molar-refractivity contribution >= 4 is 11.9 Å². The fourth-order valence-corrected chi connectivity index (χ4v) is 5.11. The average Bonchev–Trinajstić information content (AvgIpc) is 2.38. The van der Waals surface area contributed by atoms with Crippen LogP contribution in [0.15, 0.2) is 12.2 Å². The number of hydrogen-bond acceptors (Lipinski definition) is 6. The maximum atomic E-state index is 12.6. The highest BCUT2D eigenvalue weighted by atomic mass is 16.6. The quantitative estimate of drug-likeness (QED) is 0.447. The van der Waals surface area contributed by atoms with Gasteiger partial charge < -0.3 is 19.7 Å². The number of carbonyl (C=O) groups excluding carboxylic acids is 2. The summed E-state index contributed by atoms with van der Waals surface area (Å²) in [5, 5.41) is 21.3. The summed E-state index contributed by atoms with van der Waals surface area (Å²) in [7, 11) is 0. The molecule has 2 N–H and O–H groups in total. The molecule has 2 unspecified atom stereocenters. The van der Waals surface area contributed by atoms with Gasteiger partial charge >= 0.3 is 11.9 Å². The van der Waals surface area contributed by atoms with E-state index in [4.69, 9.17) is 9.47 Å². The van der Waals surface area contributed by atoms with E-state index in [1.165, 1.54) is 0 Å². The Morgan fingerprint density at radius 2 is 1.61 bits per heavy atom. The molecule has 4 saturated carbocycles. The van der Waals surface area contributed by atoms with Crippen LogP contribution in [0.3, 0.4) is 0 Å². The molecule has 0 aliphatic heterocycles. The molecule has 128 valence electrons. The molecule has 0 saturated heterocycles. The largest absolute Gasteiger partial charge is 0.462 e. The summed E-state index contributed by atoms with van der Waals surface area (Å²) in [6.45, 7) is 4.97. The Labute approximate surface area is 135 Å². The standard InChI is InChI=1S/C17H24O6/c1-11(2)13(18)22-3-4-23-14(19)15-5-12-6-16(20,8-15)10-17(21,7-12)9-15/h12,20-21H,1,3-10H2,2H3. The van der Waals surface area contributed by atoms with Crippen LogP contribution in [0.5, 0.6) is 0 Å². The molecule has 0 aromatic heterocycles. The minimum atomic E-state index is -0.959. The van der Waals surface area contributed by atoms with E-state index in [1.54, 1.807) is 6.92 Å². The summed E-state index contributed by atoms with van der Waals surface area (Å²) in [6, 6.07) is 0. The molecule has 0 aromatic carbocycles. The number of ether oxygens (including phenoxy) is 2. The predicted octanol–water partition coefficient (Wildman–Crippen LogP) is 1.10. The van der Waals surface area contributed by atoms with Crippen LogP contribution < -0.4 is 0 Å². The third-order valence-electron chi connectivity index (χ3n) is 5.34. The van der Waals surface area contributed by atoms with Crippen molar-refractivity contribution in [2.45, 2.75) is 56.7 Å². The Morgan fingerprint density at radius 1 is 1.04 bits per heavy atom. The van der Waals surface area contributed by atoms with Crippen molar-refractivity contribution in [1.82, 2.24) is 0 Å². The normalized spacial score (nSPS) is 40.7. The molecule has 6 nitrogen and oxygen atoms in total. The van der Waals surface area contributed by atoms with Gasteiger partial charge in [0.25, 0.3) is 0 Å². The molecule has 23 heavy (non-hydrogen) atoms. The van der Waals surface area contributed by atoms with Gasteiger partial charge in [0.15, 0.2) is 0 Å². The molecular weight excluding hydrogens is 300 g/mol. The lowest BCUT2D eigenvalue weighted by molar-refractivity contribution is -0.237. The fourth-order valence-electron chi connectivity index (χ4n) is 5.11. The predicted molar refractivity (Wildman–Crippen MR) is 80.3 cm³/mol. The minimum absolute atomic E-state index is 0.0223. The van der Waals surface area contributed by atoms with Crippen LogP contribution in [0.2, 0.25) is 0 Å². The van der Waals surface area contributed by atoms with E-state index in [-0.39, 0.29) is 19.1 Å². The number of rotatable bonds is 5. The van der Waals surface area contributed by atoms with Crippen LogP contribution in [0.1, 0.15) is 45.4 Å². The van der Waals surface area contributed by atoms with Gasteiger partial charge in [-0.2, -0.15) is 0 Å². The van der Waals surface area contributed by atoms with Crippen LogP contribution in [0.4, 0.5) is 0 Å². The van der Waals surface area contributed by atoms with Crippen molar-refractivity contribution in [3.63, 3.8) is 0 Å². The molecule has 4 aliphatic rings. The van der Waals surface area contributed by atoms with Gasteiger partial charge in [-0.05, 0) is 44.9 Å². The Morgan fingerprint density at radius 3 is 2.13 bits per heavy atom. The van der Waals surface area contributed by atoms with Crippen LogP contribution >= 0.6 is 0 Å². The zero-order valence-electron chi connectivity index (χ0n) is 13.5. The number of carbonyl (C=O) groups is 2. The molecule has 0 spiro atoms. The lowest BCUT2D eigenvalue weighted by Gasteiger charge is -2.61. The van der Waals surface area contributed by atoms with Crippen LogP contribution in [-0.4, -0.2) is 46.6 Å². The van der Waals surface area contributed by atoms with Gasteiger partial charge in [0.05, 0.1) is 16.6 Å². The van der Waals surface area contributed by atoms with E-state index in [9.17, 15) is 19.8 Å². The topological polar surface area (TPSA) is 93.1 Å². The van der Waals surface area contributed by atoms with Crippen molar-refractivity contribution in [1.29, 1.82) is 0 Å². The van der Waals surface area contributed by atoms with Crippen molar-refractivity contribution in [3.05, 3.63) is 12.2 Å². The van der Waals surface area contributed by atoms with Gasteiger partial charge in [0.1, 0.15) is 13.2 Å². The first-order valence-electron chi connectivity index (χ1n) is 8.10. The van der Waals surface area contributed by atoms with E-state index in [2.05, 4.69) is 6.58 Å². The van der Waals surface area contributed by atoms with Gasteiger partial charge in [-0.25, -0.2) is 4.79 Å². The molecule has 0 aromatic rings. The van der Waals surface area contributed by atoms with Gasteiger partial charge in [0.2, 0.25) is 0 Å². The van der Waals surface area contributed by atoms with Gasteiger partial charge in [-0.1, -0.05) is 6.58 Å². The lowest BCUT2D eigenvalue weighted by atomic mass is 9.46. The molecule has 0 heterocycles. The Hall–Kier alpha value is -1.40. The summed E-state index contributed by atoms with van der Waals surface area (Å²) >= 11 is 0. The van der Waals surface area contributed by atoms with Crippen LogP contribution in [0.25, 0.3) is 0 Å². The van der Waals surface area contributed by atoms with E-state index in [0.717, 1.165) is 0 Å². The molecule has 4 fully saturated rings. The van der Waals surface area contributed by atoms with Crippen molar-refractivity contribution in [2.24, 2.45) is 11.3 Å². The SMILES string of the molecule is C=C(C)C(=O)OCCOC(=O)C12CC3CC(O)(CC(O)(C3)C1)C2. The van der Waals surface area contributed by atoms with Crippen molar-refractivity contribution in [3.8, 4) is 0 Å². The zero-order valence-corrected chi connectivity index (χ0v) is 13.5. The maximum Gasteiger partial charge on any atom is 0.333 e. The number of esters is 2. The maximum absolute atomic E-state index is 12.6. The lowest BCUT2D eigenvalue weighted by Crippen LogP contribution is -2.65. The number of aliphatic hydroxyl groups is 2. The van der Waals surface area contributed by atoms with Crippen molar-refractivity contribution < 1.29 is 29.3 Å². The fraction of sp³-hybridized carbons (Fsp3) is 0.765. The van der Waals surface area contributed by atoms with Gasteiger partial charge in [-0.15, -0.1) is 0 Å². The molecule has 0 amide bonds. The summed E-state index contributed by atoms with van der Waals surface area (Å²) < 4.78 is 10.2. The monoisotopic (exact) mass is 324 g/mol. The van der Waals surface area contributed by atoms with E-state index >= 15 is 0 Å². The second-order valence-electron chi connectivity index (χ2n) is 7.79. The van der Waals surface area contributed by atoms with Crippen LogP contribution in [0, 0.1) is 11.3 Å². The van der Waals surface area contributed by atoms with E-state index in [0.29, 0.717) is 44.1 Å². The zero-order chi connectivity index (χ0) is 16.9. The van der Waals surface area contributed by atoms with Gasteiger partial charge in [-0.3, -0.25) is 4.79 Å². The highest BCUT2D eigenvalue weighted by Gasteiger charge is 2.65. The molecule has 4 rings (SSSR count).